The van der Waals surface area contributed by atoms with Crippen LogP contribution in [0.2, 0.25) is 0 Å². The van der Waals surface area contributed by atoms with Crippen LogP contribution in [-0.2, 0) is 16.8 Å². The number of nitrogens with two attached hydrogens (primary N) is 1. The third kappa shape index (κ3) is 4.08. The van der Waals surface area contributed by atoms with Gasteiger partial charge in [-0.25, -0.2) is 10.2 Å². The summed E-state index contributed by atoms with van der Waals surface area (Å²) in [5.74, 6) is 0.893. The molecule has 0 fully saturated rings. The maximum Gasteiger partial charge on any atom is 0.274 e. The number of hydrogen-bond acceptors (Lipinski definition) is 6. The van der Waals surface area contributed by atoms with Gasteiger partial charge >= 0.3 is 0 Å². The second-order valence-corrected chi connectivity index (χ2v) is 7.10. The lowest BCUT2D eigenvalue weighted by atomic mass is 10.0. The molecule has 0 radical (unpaired) electrons. The summed E-state index contributed by atoms with van der Waals surface area (Å²) in [5, 5.41) is 12.6. The highest BCUT2D eigenvalue weighted by molar-refractivity contribution is 7.87. The number of hydrogen-bond donors (Lipinski definition) is 3. The van der Waals surface area contributed by atoms with Gasteiger partial charge < -0.3 is 9.47 Å². The molecule has 0 aliphatic rings. The summed E-state index contributed by atoms with van der Waals surface area (Å²) in [6.07, 6.45) is 0. The Labute approximate surface area is 155 Å². The molecule has 3 aromatic rings. The predicted molar refractivity (Wildman–Crippen MR) is 101 cm³/mol. The minimum atomic E-state index is -3.80. The highest BCUT2D eigenvalue weighted by Crippen LogP contribution is 2.34. The molecule has 142 valence electrons. The van der Waals surface area contributed by atoms with E-state index in [4.69, 9.17) is 14.6 Å². The van der Waals surface area contributed by atoms with Crippen molar-refractivity contribution in [1.29, 1.82) is 0 Å². The average Bonchev–Trinajstić information content (AvgIpc) is 2.65. The molecule has 9 nitrogen and oxygen atoms in total. The van der Waals surface area contributed by atoms with Crippen molar-refractivity contribution in [1.82, 2.24) is 14.9 Å². The van der Waals surface area contributed by atoms with E-state index in [9.17, 15) is 13.2 Å². The largest absolute Gasteiger partial charge is 0.493 e. The molecular formula is C17H18N4O5S. The van der Waals surface area contributed by atoms with Gasteiger partial charge in [0.25, 0.3) is 15.8 Å². The van der Waals surface area contributed by atoms with Gasteiger partial charge in [0.2, 0.25) is 0 Å². The Morgan fingerprint density at radius 2 is 1.78 bits per heavy atom. The van der Waals surface area contributed by atoms with Gasteiger partial charge in [-0.3, -0.25) is 4.79 Å². The molecule has 0 spiro atoms. The van der Waals surface area contributed by atoms with Crippen LogP contribution in [0.25, 0.3) is 22.0 Å². The zero-order chi connectivity index (χ0) is 19.6. The second-order valence-electron chi connectivity index (χ2n) is 5.72. The Bertz CT molecular complexity index is 1160. The van der Waals surface area contributed by atoms with E-state index in [2.05, 4.69) is 14.9 Å². The van der Waals surface area contributed by atoms with Gasteiger partial charge in [-0.15, -0.1) is 0 Å². The number of ether oxygens (including phenoxy) is 2. The van der Waals surface area contributed by atoms with E-state index in [-0.39, 0.29) is 12.1 Å². The van der Waals surface area contributed by atoms with Crippen LogP contribution >= 0.6 is 0 Å². The van der Waals surface area contributed by atoms with Crippen molar-refractivity contribution in [2.24, 2.45) is 5.14 Å². The number of benzene rings is 2. The molecule has 2 aromatic carbocycles. The standard InChI is InChI=1S/C17H18N4O5S/c1-25-14-7-12-13(8-15(14)26-2)17(22)21-20-16(12)11-5-3-4-10(6-11)9-19-27(18,23)24/h3-8,19H,9H2,1-2H3,(H,21,22)(H2,18,23,24). The van der Waals surface area contributed by atoms with Gasteiger partial charge in [0.05, 0.1) is 25.3 Å². The first-order valence-electron chi connectivity index (χ1n) is 7.83. The molecule has 0 saturated carbocycles. The van der Waals surface area contributed by atoms with Crippen LogP contribution < -0.4 is 24.9 Å². The quantitative estimate of drug-likeness (QED) is 0.572. The van der Waals surface area contributed by atoms with Gasteiger partial charge in [-0.1, -0.05) is 18.2 Å². The fraction of sp³-hybridized carbons (Fsp3) is 0.176. The fourth-order valence-corrected chi connectivity index (χ4v) is 3.09. The molecule has 27 heavy (non-hydrogen) atoms. The van der Waals surface area contributed by atoms with E-state index in [0.29, 0.717) is 39.1 Å². The number of nitrogens with zero attached hydrogens (tertiary/aromatic N) is 1. The summed E-state index contributed by atoms with van der Waals surface area (Å²) >= 11 is 0. The van der Waals surface area contributed by atoms with Gasteiger partial charge in [-0.2, -0.15) is 18.2 Å². The van der Waals surface area contributed by atoms with Crippen LogP contribution in [0.1, 0.15) is 5.56 Å². The van der Waals surface area contributed by atoms with Crippen molar-refractivity contribution in [3.63, 3.8) is 0 Å². The number of rotatable bonds is 6. The SMILES string of the molecule is COc1cc2c(-c3cccc(CNS(N)(=O)=O)c3)n[nH]c(=O)c2cc1OC. The Hall–Kier alpha value is -2.95. The van der Waals surface area contributed by atoms with Crippen LogP contribution in [-0.4, -0.2) is 32.8 Å². The van der Waals surface area contributed by atoms with Gasteiger partial charge in [-0.05, 0) is 23.8 Å². The Morgan fingerprint density at radius 3 is 2.41 bits per heavy atom. The number of H-pyrrole nitrogens is 1. The molecule has 1 heterocycles. The Balaban J connectivity index is 2.14. The molecule has 0 amide bonds. The van der Waals surface area contributed by atoms with Crippen molar-refractivity contribution in [2.45, 2.75) is 6.54 Å². The summed E-state index contributed by atoms with van der Waals surface area (Å²) in [5.41, 5.74) is 1.53. The maximum atomic E-state index is 12.2. The van der Waals surface area contributed by atoms with E-state index >= 15 is 0 Å². The van der Waals surface area contributed by atoms with Crippen molar-refractivity contribution in [2.75, 3.05) is 14.2 Å². The molecule has 0 saturated heterocycles. The van der Waals surface area contributed by atoms with Crippen LogP contribution in [0.4, 0.5) is 0 Å². The van der Waals surface area contributed by atoms with Crippen molar-refractivity contribution < 1.29 is 17.9 Å². The van der Waals surface area contributed by atoms with Crippen LogP contribution in [0, 0.1) is 0 Å². The lowest BCUT2D eigenvalue weighted by Crippen LogP contribution is -2.30. The third-order valence-corrected chi connectivity index (χ3v) is 4.52. The molecule has 0 unspecified atom stereocenters. The average molecular weight is 390 g/mol. The van der Waals surface area contributed by atoms with E-state index < -0.39 is 10.2 Å². The first-order chi connectivity index (χ1) is 12.8. The molecule has 0 bridgehead atoms. The Kier molecular flexibility index (Phi) is 5.13. The zero-order valence-electron chi connectivity index (χ0n) is 14.6. The fourth-order valence-electron chi connectivity index (χ4n) is 2.72. The monoisotopic (exact) mass is 390 g/mol. The lowest BCUT2D eigenvalue weighted by Gasteiger charge is -2.11. The minimum Gasteiger partial charge on any atom is -0.493 e. The molecule has 0 aliphatic carbocycles. The first kappa shape index (κ1) is 18.8. The van der Waals surface area contributed by atoms with E-state index in [1.54, 1.807) is 36.4 Å². The summed E-state index contributed by atoms with van der Waals surface area (Å²) in [6, 6.07) is 10.3. The number of aromatic amines is 1. The van der Waals surface area contributed by atoms with Gasteiger partial charge in [0, 0.05) is 17.5 Å². The topological polar surface area (TPSA) is 136 Å². The van der Waals surface area contributed by atoms with Gasteiger partial charge in [0.1, 0.15) is 0 Å². The molecule has 0 aliphatic heterocycles. The number of methoxy groups -OCH3 is 2. The van der Waals surface area contributed by atoms with E-state index in [0.717, 1.165) is 0 Å². The summed E-state index contributed by atoms with van der Waals surface area (Å²) in [6.45, 7) is 0.0328. The van der Waals surface area contributed by atoms with Crippen molar-refractivity contribution >= 4 is 21.0 Å². The minimum absolute atomic E-state index is 0.0328. The first-order valence-corrected chi connectivity index (χ1v) is 9.38. The summed E-state index contributed by atoms with van der Waals surface area (Å²) in [7, 11) is -0.809. The smallest absolute Gasteiger partial charge is 0.274 e. The third-order valence-electron chi connectivity index (χ3n) is 3.97. The molecule has 4 N–H and O–H groups in total. The number of aromatic nitrogens is 2. The van der Waals surface area contributed by atoms with Crippen LogP contribution in [0.3, 0.4) is 0 Å². The van der Waals surface area contributed by atoms with E-state index in [1.807, 2.05) is 0 Å². The van der Waals surface area contributed by atoms with Crippen molar-refractivity contribution in [3.05, 3.63) is 52.3 Å². The number of nitrogens with one attached hydrogen (secondary N) is 2. The predicted octanol–water partition coefficient (Wildman–Crippen LogP) is 0.900. The second kappa shape index (κ2) is 7.35. The van der Waals surface area contributed by atoms with Crippen molar-refractivity contribution in [3.8, 4) is 22.8 Å². The lowest BCUT2D eigenvalue weighted by molar-refractivity contribution is 0.356. The zero-order valence-corrected chi connectivity index (χ0v) is 15.5. The summed E-state index contributed by atoms with van der Waals surface area (Å²) < 4.78 is 35.0. The Morgan fingerprint density at radius 1 is 1.11 bits per heavy atom. The summed E-state index contributed by atoms with van der Waals surface area (Å²) in [4.78, 5) is 12.2. The molecule has 0 atom stereocenters. The highest BCUT2D eigenvalue weighted by atomic mass is 32.2. The van der Waals surface area contributed by atoms with E-state index in [1.165, 1.54) is 14.2 Å². The van der Waals surface area contributed by atoms with Gasteiger partial charge in [0.15, 0.2) is 11.5 Å². The molecule has 3 rings (SSSR count). The number of fused-ring (bicyclic) bond motifs is 1. The van der Waals surface area contributed by atoms with Crippen LogP contribution in [0.5, 0.6) is 11.5 Å². The van der Waals surface area contributed by atoms with Crippen LogP contribution in [0.15, 0.2) is 41.2 Å². The molecule has 1 aromatic heterocycles. The highest BCUT2D eigenvalue weighted by Gasteiger charge is 2.14. The molecule has 10 heteroatoms. The molecular weight excluding hydrogens is 372 g/mol. The normalized spacial score (nSPS) is 11.5. The maximum absolute atomic E-state index is 12.2.